The molecule has 0 atom stereocenters. The number of halogens is 1. The second-order valence-corrected chi connectivity index (χ2v) is 5.65. The van der Waals surface area contributed by atoms with Crippen molar-refractivity contribution in [2.75, 3.05) is 25.0 Å². The van der Waals surface area contributed by atoms with Gasteiger partial charge in [-0.25, -0.2) is 0 Å². The molecule has 19 heavy (non-hydrogen) atoms. The summed E-state index contributed by atoms with van der Waals surface area (Å²) in [7, 11) is 0. The van der Waals surface area contributed by atoms with E-state index < -0.39 is 0 Å². The number of hydrogen-bond acceptors (Lipinski definition) is 3. The van der Waals surface area contributed by atoms with E-state index in [1.165, 1.54) is 0 Å². The fourth-order valence-corrected chi connectivity index (χ4v) is 2.42. The maximum atomic E-state index is 11.8. The lowest BCUT2D eigenvalue weighted by Gasteiger charge is -2.22. The van der Waals surface area contributed by atoms with Crippen LogP contribution in [0, 0.1) is 6.92 Å². The normalized spacial score (nSPS) is 16.3. The molecule has 1 aliphatic heterocycles. The second-order valence-electron chi connectivity index (χ2n) is 4.79. The monoisotopic (exact) mass is 326 g/mol. The van der Waals surface area contributed by atoms with E-state index in [-0.39, 0.29) is 18.6 Å². The Morgan fingerprint density at radius 1 is 1.47 bits per heavy atom. The van der Waals surface area contributed by atoms with Gasteiger partial charge in [-0.1, -0.05) is 6.07 Å². The molecule has 5 heteroatoms. The molecular weight excluding hydrogens is 308 g/mol. The highest BCUT2D eigenvalue weighted by Gasteiger charge is 2.15. The summed E-state index contributed by atoms with van der Waals surface area (Å²) in [4.78, 5) is 11.8. The fourth-order valence-electron chi connectivity index (χ4n) is 2.08. The topological polar surface area (TPSA) is 50.4 Å². The van der Waals surface area contributed by atoms with Crippen molar-refractivity contribution in [2.45, 2.75) is 25.9 Å². The van der Waals surface area contributed by atoms with Gasteiger partial charge in [-0.05, 0) is 66.5 Å². The van der Waals surface area contributed by atoms with Crippen molar-refractivity contribution in [1.82, 2.24) is 5.32 Å². The molecule has 4 nitrogen and oxygen atoms in total. The number of amides is 1. The molecule has 0 spiro atoms. The van der Waals surface area contributed by atoms with Crippen LogP contribution in [0.4, 0.5) is 5.69 Å². The van der Waals surface area contributed by atoms with E-state index in [4.69, 9.17) is 4.74 Å². The SMILES string of the molecule is Cc1ccc(Br)c(NC(=O)COC2CCNCC2)c1. The van der Waals surface area contributed by atoms with Gasteiger partial charge < -0.3 is 15.4 Å². The van der Waals surface area contributed by atoms with E-state index in [2.05, 4.69) is 26.6 Å². The molecule has 2 rings (SSSR count). The Kier molecular flexibility index (Phi) is 5.36. The van der Waals surface area contributed by atoms with Gasteiger partial charge in [-0.2, -0.15) is 0 Å². The van der Waals surface area contributed by atoms with Gasteiger partial charge in [-0.15, -0.1) is 0 Å². The predicted octanol–water partition coefficient (Wildman–Crippen LogP) is 2.46. The zero-order chi connectivity index (χ0) is 13.7. The van der Waals surface area contributed by atoms with Gasteiger partial charge in [0.15, 0.2) is 0 Å². The van der Waals surface area contributed by atoms with Crippen molar-refractivity contribution < 1.29 is 9.53 Å². The fraction of sp³-hybridized carbons (Fsp3) is 0.500. The molecule has 1 heterocycles. The van der Waals surface area contributed by atoms with Gasteiger partial charge in [0, 0.05) is 4.47 Å². The zero-order valence-corrected chi connectivity index (χ0v) is 12.6. The first-order valence-corrected chi connectivity index (χ1v) is 7.33. The van der Waals surface area contributed by atoms with E-state index in [0.29, 0.717) is 0 Å². The molecule has 0 aliphatic carbocycles. The largest absolute Gasteiger partial charge is 0.368 e. The molecular formula is C14H19BrN2O2. The Labute approximate surface area is 122 Å². The molecule has 0 radical (unpaired) electrons. The minimum atomic E-state index is -0.107. The third-order valence-electron chi connectivity index (χ3n) is 3.13. The van der Waals surface area contributed by atoms with Gasteiger partial charge in [0.2, 0.25) is 5.91 Å². The molecule has 1 saturated heterocycles. The molecule has 1 aromatic carbocycles. The number of benzene rings is 1. The minimum absolute atomic E-state index is 0.107. The van der Waals surface area contributed by atoms with Gasteiger partial charge in [0.25, 0.3) is 0 Å². The number of carbonyl (C=O) groups excluding carboxylic acids is 1. The maximum Gasteiger partial charge on any atom is 0.250 e. The first-order chi connectivity index (χ1) is 9.15. The molecule has 0 saturated carbocycles. The molecule has 2 N–H and O–H groups in total. The van der Waals surface area contributed by atoms with Crippen molar-refractivity contribution in [2.24, 2.45) is 0 Å². The van der Waals surface area contributed by atoms with E-state index in [0.717, 1.165) is 41.7 Å². The van der Waals surface area contributed by atoms with Crippen molar-refractivity contribution in [3.05, 3.63) is 28.2 Å². The summed E-state index contributed by atoms with van der Waals surface area (Å²) < 4.78 is 6.50. The summed E-state index contributed by atoms with van der Waals surface area (Å²) in [5, 5.41) is 6.13. The van der Waals surface area contributed by atoms with Crippen molar-refractivity contribution >= 4 is 27.5 Å². The van der Waals surface area contributed by atoms with Crippen LogP contribution in [0.25, 0.3) is 0 Å². The highest BCUT2D eigenvalue weighted by molar-refractivity contribution is 9.10. The van der Waals surface area contributed by atoms with Crippen LogP contribution in [0.15, 0.2) is 22.7 Å². The molecule has 1 fully saturated rings. The lowest BCUT2D eigenvalue weighted by molar-refractivity contribution is -0.123. The summed E-state index contributed by atoms with van der Waals surface area (Å²) in [5.41, 5.74) is 1.90. The summed E-state index contributed by atoms with van der Waals surface area (Å²) >= 11 is 3.42. The van der Waals surface area contributed by atoms with Gasteiger partial charge in [0.1, 0.15) is 6.61 Å². The second kappa shape index (κ2) is 7.03. The predicted molar refractivity (Wildman–Crippen MR) is 79.4 cm³/mol. The first kappa shape index (κ1) is 14.5. The highest BCUT2D eigenvalue weighted by atomic mass is 79.9. The number of anilines is 1. The standard InChI is InChI=1S/C14H19BrN2O2/c1-10-2-3-12(15)13(8-10)17-14(18)9-19-11-4-6-16-7-5-11/h2-3,8,11,16H,4-7,9H2,1H3,(H,17,18). The van der Waals surface area contributed by atoms with Crippen LogP contribution >= 0.6 is 15.9 Å². The quantitative estimate of drug-likeness (QED) is 0.893. The number of aryl methyl sites for hydroxylation is 1. The molecule has 1 amide bonds. The Hall–Kier alpha value is -0.910. The minimum Gasteiger partial charge on any atom is -0.368 e. The Morgan fingerprint density at radius 2 is 2.21 bits per heavy atom. The lowest BCUT2D eigenvalue weighted by Crippen LogP contribution is -2.34. The van der Waals surface area contributed by atoms with Gasteiger partial charge in [0.05, 0.1) is 11.8 Å². The molecule has 0 unspecified atom stereocenters. The summed E-state index contributed by atoms with van der Waals surface area (Å²) in [5.74, 6) is -0.107. The van der Waals surface area contributed by atoms with Gasteiger partial charge in [-0.3, -0.25) is 4.79 Å². The van der Waals surface area contributed by atoms with E-state index in [1.807, 2.05) is 25.1 Å². The molecule has 1 aliphatic rings. The average molecular weight is 327 g/mol. The lowest BCUT2D eigenvalue weighted by atomic mass is 10.1. The van der Waals surface area contributed by atoms with Crippen LogP contribution in [0.3, 0.4) is 0 Å². The van der Waals surface area contributed by atoms with Crippen LogP contribution in [0.1, 0.15) is 18.4 Å². The Balaban J connectivity index is 1.81. The maximum absolute atomic E-state index is 11.8. The summed E-state index contributed by atoms with van der Waals surface area (Å²) in [6, 6.07) is 5.86. The number of hydrogen-bond donors (Lipinski definition) is 2. The number of carbonyl (C=O) groups is 1. The number of piperidine rings is 1. The molecule has 104 valence electrons. The van der Waals surface area contributed by atoms with Gasteiger partial charge >= 0.3 is 0 Å². The van der Waals surface area contributed by atoms with Crippen LogP contribution in [0.5, 0.6) is 0 Å². The summed E-state index contributed by atoms with van der Waals surface area (Å²) in [6.45, 7) is 4.05. The van der Waals surface area contributed by atoms with E-state index >= 15 is 0 Å². The van der Waals surface area contributed by atoms with Crippen LogP contribution in [0.2, 0.25) is 0 Å². The highest BCUT2D eigenvalue weighted by Crippen LogP contribution is 2.23. The molecule has 0 aromatic heterocycles. The van der Waals surface area contributed by atoms with Crippen molar-refractivity contribution in [3.8, 4) is 0 Å². The number of ether oxygens (including phenoxy) is 1. The van der Waals surface area contributed by atoms with E-state index in [9.17, 15) is 4.79 Å². The Bertz CT molecular complexity index is 445. The third kappa shape index (κ3) is 4.60. The summed E-state index contributed by atoms with van der Waals surface area (Å²) in [6.07, 6.45) is 2.15. The number of rotatable bonds is 4. The molecule has 0 bridgehead atoms. The van der Waals surface area contributed by atoms with Crippen LogP contribution in [-0.2, 0) is 9.53 Å². The smallest absolute Gasteiger partial charge is 0.250 e. The van der Waals surface area contributed by atoms with Crippen molar-refractivity contribution in [1.29, 1.82) is 0 Å². The third-order valence-corrected chi connectivity index (χ3v) is 3.82. The number of nitrogens with one attached hydrogen (secondary N) is 2. The zero-order valence-electron chi connectivity index (χ0n) is 11.0. The first-order valence-electron chi connectivity index (χ1n) is 6.53. The molecule has 1 aromatic rings. The van der Waals surface area contributed by atoms with Crippen LogP contribution in [-0.4, -0.2) is 31.7 Å². The van der Waals surface area contributed by atoms with Crippen molar-refractivity contribution in [3.63, 3.8) is 0 Å². The van der Waals surface area contributed by atoms with Crippen LogP contribution < -0.4 is 10.6 Å². The Morgan fingerprint density at radius 3 is 2.95 bits per heavy atom. The van der Waals surface area contributed by atoms with E-state index in [1.54, 1.807) is 0 Å². The average Bonchev–Trinajstić information content (AvgIpc) is 2.42.